The molecule has 0 aromatic heterocycles. The highest BCUT2D eigenvalue weighted by Gasteiger charge is 2.24. The van der Waals surface area contributed by atoms with Crippen LogP contribution in [0.1, 0.15) is 13.8 Å². The Kier molecular flexibility index (Phi) is 3.79. The van der Waals surface area contributed by atoms with Gasteiger partial charge in [0.2, 0.25) is 0 Å². The molecule has 1 aromatic carbocycles. The molecule has 1 aromatic rings. The van der Waals surface area contributed by atoms with E-state index in [0.29, 0.717) is 0 Å². The summed E-state index contributed by atoms with van der Waals surface area (Å²) < 4.78 is 0. The van der Waals surface area contributed by atoms with Crippen molar-refractivity contribution >= 4 is 40.2 Å². The van der Waals surface area contributed by atoms with E-state index >= 15 is 0 Å². The van der Waals surface area contributed by atoms with Crippen molar-refractivity contribution in [3.8, 4) is 0 Å². The Bertz CT molecular complexity index is 473. The molecule has 17 heavy (non-hydrogen) atoms. The molecule has 0 bridgehead atoms. The lowest BCUT2D eigenvalue weighted by Gasteiger charge is -2.21. The molecule has 0 saturated carbocycles. The van der Waals surface area contributed by atoms with Gasteiger partial charge in [0.05, 0.1) is 16.0 Å². The molecule has 5 heteroatoms. The molecule has 2 atom stereocenters. The zero-order valence-electron chi connectivity index (χ0n) is 9.58. The number of hydrogen-bond acceptors (Lipinski definition) is 4. The molecular weight excluding hydrogens is 254 g/mol. The summed E-state index contributed by atoms with van der Waals surface area (Å²) in [7, 11) is 0. The number of fused-ring (bicyclic) bond motifs is 1. The highest BCUT2D eigenvalue weighted by atomic mass is 32.2. The number of carbonyl (C=O) groups is 1. The largest absolute Gasteiger partial charge is 0.480 e. The van der Waals surface area contributed by atoms with Crippen molar-refractivity contribution in [3.63, 3.8) is 0 Å². The van der Waals surface area contributed by atoms with Crippen LogP contribution in [0.25, 0.3) is 0 Å². The molecule has 1 N–H and O–H groups in total. The van der Waals surface area contributed by atoms with Crippen LogP contribution in [-0.4, -0.2) is 26.6 Å². The number of aliphatic imine (C=N–C) groups is 1. The minimum Gasteiger partial charge on any atom is -0.480 e. The molecule has 1 aliphatic heterocycles. The van der Waals surface area contributed by atoms with Crippen LogP contribution >= 0.6 is 23.5 Å². The summed E-state index contributed by atoms with van der Waals surface area (Å²) in [4.78, 5) is 16.5. The quantitative estimate of drug-likeness (QED) is 0.892. The lowest BCUT2D eigenvalue weighted by molar-refractivity contribution is -0.136. The second-order valence-electron chi connectivity index (χ2n) is 3.78. The predicted molar refractivity (Wildman–Crippen MR) is 73.5 cm³/mol. The van der Waals surface area contributed by atoms with Crippen LogP contribution in [0.15, 0.2) is 34.2 Å². The third-order valence-corrected chi connectivity index (χ3v) is 4.96. The first-order valence-corrected chi connectivity index (χ1v) is 7.07. The van der Waals surface area contributed by atoms with Gasteiger partial charge in [-0.3, -0.25) is 4.79 Å². The maximum absolute atomic E-state index is 10.8. The topological polar surface area (TPSA) is 49.7 Å². The van der Waals surface area contributed by atoms with Crippen LogP contribution < -0.4 is 0 Å². The van der Waals surface area contributed by atoms with Gasteiger partial charge in [0, 0.05) is 4.90 Å². The fourth-order valence-corrected chi connectivity index (χ4v) is 3.50. The molecule has 90 valence electrons. The van der Waals surface area contributed by atoms with Crippen LogP contribution in [0.4, 0.5) is 5.69 Å². The fraction of sp³-hybridized carbons (Fsp3) is 0.333. The van der Waals surface area contributed by atoms with Gasteiger partial charge in [-0.2, -0.15) is 0 Å². The van der Waals surface area contributed by atoms with Gasteiger partial charge in [0.1, 0.15) is 5.25 Å². The monoisotopic (exact) mass is 267 g/mol. The lowest BCUT2D eigenvalue weighted by Crippen LogP contribution is -2.20. The Labute approximate surface area is 109 Å². The van der Waals surface area contributed by atoms with E-state index in [1.807, 2.05) is 24.3 Å². The first-order valence-electron chi connectivity index (χ1n) is 5.31. The molecule has 1 heterocycles. The van der Waals surface area contributed by atoms with E-state index in [1.165, 1.54) is 11.8 Å². The molecule has 3 nitrogen and oxygen atoms in total. The molecule has 1 aliphatic rings. The number of carboxylic acids is 1. The molecule has 0 radical (unpaired) electrons. The Morgan fingerprint density at radius 1 is 1.53 bits per heavy atom. The summed E-state index contributed by atoms with van der Waals surface area (Å²) >= 11 is 3.06. The minimum atomic E-state index is -0.797. The standard InChI is InChI=1S/C12H13NO2S2/c1-7-11(17-8(2)12(14)15)13-9-5-3-4-6-10(9)16-7/h3-8H,1-2H3,(H,14,15). The van der Waals surface area contributed by atoms with Gasteiger partial charge in [-0.1, -0.05) is 23.9 Å². The number of benzene rings is 1. The molecule has 0 fully saturated rings. The average molecular weight is 267 g/mol. The molecule has 2 unspecified atom stereocenters. The van der Waals surface area contributed by atoms with E-state index < -0.39 is 11.2 Å². The first kappa shape index (κ1) is 12.5. The summed E-state index contributed by atoms with van der Waals surface area (Å²) in [6.07, 6.45) is 0. The third-order valence-electron chi connectivity index (χ3n) is 2.39. The van der Waals surface area contributed by atoms with Gasteiger partial charge in [0.15, 0.2) is 0 Å². The van der Waals surface area contributed by atoms with Gasteiger partial charge in [-0.05, 0) is 26.0 Å². The lowest BCUT2D eigenvalue weighted by atomic mass is 10.3. The van der Waals surface area contributed by atoms with Crippen molar-refractivity contribution in [1.82, 2.24) is 0 Å². The summed E-state index contributed by atoms with van der Waals surface area (Å²) in [5, 5.41) is 9.57. The number of para-hydroxylation sites is 1. The second-order valence-corrected chi connectivity index (χ2v) is 6.52. The van der Waals surface area contributed by atoms with E-state index in [-0.39, 0.29) is 5.25 Å². The Morgan fingerprint density at radius 3 is 2.94 bits per heavy atom. The molecule has 0 saturated heterocycles. The summed E-state index contributed by atoms with van der Waals surface area (Å²) in [6, 6.07) is 7.94. The Hall–Kier alpha value is -0.940. The van der Waals surface area contributed by atoms with Crippen LogP contribution in [0.2, 0.25) is 0 Å². The molecule has 2 rings (SSSR count). The maximum atomic E-state index is 10.8. The van der Waals surface area contributed by atoms with Gasteiger partial charge >= 0.3 is 5.97 Å². The van der Waals surface area contributed by atoms with E-state index in [2.05, 4.69) is 11.9 Å². The molecule has 0 amide bonds. The van der Waals surface area contributed by atoms with Crippen molar-refractivity contribution in [2.75, 3.05) is 0 Å². The van der Waals surface area contributed by atoms with Gasteiger partial charge in [0.25, 0.3) is 0 Å². The summed E-state index contributed by atoms with van der Waals surface area (Å²) in [6.45, 7) is 3.74. The normalized spacial score (nSPS) is 20.4. The van der Waals surface area contributed by atoms with Crippen molar-refractivity contribution in [1.29, 1.82) is 0 Å². The van der Waals surface area contributed by atoms with Crippen molar-refractivity contribution < 1.29 is 9.90 Å². The van der Waals surface area contributed by atoms with Crippen LogP contribution in [-0.2, 0) is 4.79 Å². The molecule has 0 spiro atoms. The summed E-state index contributed by atoms with van der Waals surface area (Å²) in [5.74, 6) is -0.797. The smallest absolute Gasteiger partial charge is 0.316 e. The highest BCUT2D eigenvalue weighted by molar-refractivity contribution is 8.17. The Morgan fingerprint density at radius 2 is 2.24 bits per heavy atom. The number of carboxylic acid groups (broad SMARTS) is 1. The summed E-state index contributed by atoms with van der Waals surface area (Å²) in [5.41, 5.74) is 0.940. The van der Waals surface area contributed by atoms with E-state index in [0.717, 1.165) is 15.6 Å². The predicted octanol–water partition coefficient (Wildman–Crippen LogP) is 3.42. The molecular formula is C12H13NO2S2. The number of rotatable bonds is 2. The highest BCUT2D eigenvalue weighted by Crippen LogP contribution is 2.40. The van der Waals surface area contributed by atoms with Crippen molar-refractivity contribution in [2.24, 2.45) is 4.99 Å². The zero-order valence-corrected chi connectivity index (χ0v) is 11.2. The number of nitrogens with zero attached hydrogens (tertiary/aromatic N) is 1. The third kappa shape index (κ3) is 2.84. The average Bonchev–Trinajstić information content (AvgIpc) is 2.29. The van der Waals surface area contributed by atoms with Gasteiger partial charge in [-0.25, -0.2) is 4.99 Å². The maximum Gasteiger partial charge on any atom is 0.316 e. The minimum absolute atomic E-state index is 0.219. The zero-order chi connectivity index (χ0) is 12.4. The first-order chi connectivity index (χ1) is 8.08. The van der Waals surface area contributed by atoms with Crippen LogP contribution in [0.5, 0.6) is 0 Å². The van der Waals surface area contributed by atoms with E-state index in [9.17, 15) is 4.79 Å². The Balaban J connectivity index is 2.24. The van der Waals surface area contributed by atoms with Gasteiger partial charge in [-0.15, -0.1) is 11.8 Å². The number of aliphatic carboxylic acids is 1. The van der Waals surface area contributed by atoms with Crippen molar-refractivity contribution in [3.05, 3.63) is 24.3 Å². The van der Waals surface area contributed by atoms with E-state index in [4.69, 9.17) is 5.11 Å². The van der Waals surface area contributed by atoms with Crippen molar-refractivity contribution in [2.45, 2.75) is 29.2 Å². The van der Waals surface area contributed by atoms with Gasteiger partial charge < -0.3 is 5.11 Å². The number of hydrogen-bond donors (Lipinski definition) is 1. The fourth-order valence-electron chi connectivity index (χ4n) is 1.45. The number of thioether (sulfide) groups is 2. The van der Waals surface area contributed by atoms with Crippen LogP contribution in [0, 0.1) is 0 Å². The SMILES string of the molecule is CC(SC1=Nc2ccccc2SC1C)C(=O)O. The van der Waals surface area contributed by atoms with Crippen LogP contribution in [0.3, 0.4) is 0 Å². The second kappa shape index (κ2) is 5.14. The van der Waals surface area contributed by atoms with E-state index in [1.54, 1.807) is 18.7 Å². The molecule has 0 aliphatic carbocycles.